The highest BCUT2D eigenvalue weighted by Gasteiger charge is 2.48. The van der Waals surface area contributed by atoms with E-state index in [1.165, 1.54) is 76.9 Å². The minimum atomic E-state index is -0.750. The average molecular weight is 1270 g/mol. The van der Waals surface area contributed by atoms with Crippen LogP contribution in [0, 0.1) is 11.6 Å². The van der Waals surface area contributed by atoms with Crippen molar-refractivity contribution in [2.45, 2.75) is 56.1 Å². The molecule has 6 heteroatoms. The van der Waals surface area contributed by atoms with Crippen molar-refractivity contribution in [2.24, 2.45) is 0 Å². The van der Waals surface area contributed by atoms with Gasteiger partial charge in [0.2, 0.25) is 0 Å². The van der Waals surface area contributed by atoms with Crippen LogP contribution in [0.5, 0.6) is 0 Å². The van der Waals surface area contributed by atoms with Gasteiger partial charge >= 0.3 is 0 Å². The second-order valence-electron chi connectivity index (χ2n) is 25.6. The van der Waals surface area contributed by atoms with E-state index in [0.29, 0.717) is 0 Å². The molecule has 4 aliphatic rings. The van der Waals surface area contributed by atoms with Gasteiger partial charge in [-0.05, 0) is 271 Å². The minimum absolute atomic E-state index is 0.264. The summed E-state index contributed by atoms with van der Waals surface area (Å²) in [5.74, 6) is -0.527. The van der Waals surface area contributed by atoms with Crippen LogP contribution in [0.2, 0.25) is 0 Å². The standard InChI is InChI=1S/C90H62F2N2S2/c91-69-37-29-65(30-38-69)89(67-33-49-77(50-34-67)95-79-47-27-61-19-21-63(61)55-79)85-17-9-7-15-81(85)83-53-45-75(57-87(83)89)93(71-11-3-1-4-12-71)73-41-23-59(24-42-73)60-25-43-74(44-26-60)94(72-13-5-2-6-14-72)76-46-54-84-82-16-8-10-18-86(82)90(88(84)58-76,66-31-39-70(92)40-32-66)68-35-51-78(52-36-68)96-80-48-28-62-20-22-64(62)56-80/h1-18,23-58H,19-22H2/t89-,90?/m0/s1. The molecule has 0 heterocycles. The Balaban J connectivity index is 0.698. The van der Waals surface area contributed by atoms with Crippen LogP contribution in [0.1, 0.15) is 66.8 Å². The van der Waals surface area contributed by atoms with Crippen LogP contribution in [0.3, 0.4) is 0 Å². The second-order valence-corrected chi connectivity index (χ2v) is 27.9. The number of anilines is 6. The highest BCUT2D eigenvalue weighted by atomic mass is 32.2. The molecule has 96 heavy (non-hydrogen) atoms. The lowest BCUT2D eigenvalue weighted by Crippen LogP contribution is -2.29. The Bertz CT molecular complexity index is 4960. The number of para-hydroxylation sites is 2. The summed E-state index contributed by atoms with van der Waals surface area (Å²) in [6.45, 7) is 0. The first-order chi connectivity index (χ1) is 47.3. The zero-order valence-corrected chi connectivity index (χ0v) is 54.1. The van der Waals surface area contributed by atoms with Gasteiger partial charge in [0.1, 0.15) is 11.6 Å². The topological polar surface area (TPSA) is 6.48 Å². The lowest BCUT2D eigenvalue weighted by atomic mass is 9.67. The van der Waals surface area contributed by atoms with Gasteiger partial charge in [0, 0.05) is 53.7 Å². The van der Waals surface area contributed by atoms with Gasteiger partial charge in [-0.2, -0.15) is 0 Å². The molecule has 18 rings (SSSR count). The first-order valence-corrected chi connectivity index (χ1v) is 34.7. The van der Waals surface area contributed by atoms with Crippen molar-refractivity contribution in [1.82, 2.24) is 0 Å². The molecule has 2 atom stereocenters. The zero-order valence-electron chi connectivity index (χ0n) is 52.5. The zero-order chi connectivity index (χ0) is 63.9. The van der Waals surface area contributed by atoms with E-state index < -0.39 is 10.8 Å². The molecule has 0 saturated carbocycles. The first kappa shape index (κ1) is 57.9. The molecule has 0 fully saturated rings. The average Bonchev–Trinajstić information content (AvgIpc) is 1.53. The Labute approximate surface area is 567 Å². The number of hydrogen-bond acceptors (Lipinski definition) is 4. The van der Waals surface area contributed by atoms with Crippen molar-refractivity contribution in [2.75, 3.05) is 9.80 Å². The number of nitrogens with zero attached hydrogens (tertiary/aromatic N) is 2. The third-order valence-electron chi connectivity index (χ3n) is 20.5. The summed E-state index contributed by atoms with van der Waals surface area (Å²) in [5.41, 5.74) is 26.2. The molecule has 4 aliphatic carbocycles. The largest absolute Gasteiger partial charge is 0.310 e. The predicted octanol–water partition coefficient (Wildman–Crippen LogP) is 23.8. The van der Waals surface area contributed by atoms with Crippen LogP contribution in [-0.2, 0) is 36.5 Å². The quantitative estimate of drug-likeness (QED) is 0.101. The Hall–Kier alpha value is -10.8. The smallest absolute Gasteiger partial charge is 0.123 e. The summed E-state index contributed by atoms with van der Waals surface area (Å²) in [7, 11) is 0. The third kappa shape index (κ3) is 9.67. The molecule has 0 saturated heterocycles. The van der Waals surface area contributed by atoms with Crippen molar-refractivity contribution in [1.29, 1.82) is 0 Å². The van der Waals surface area contributed by atoms with Crippen LogP contribution in [-0.4, -0.2) is 0 Å². The molecular formula is C90H62F2N2S2. The van der Waals surface area contributed by atoms with E-state index in [4.69, 9.17) is 0 Å². The maximum atomic E-state index is 15.1. The highest BCUT2D eigenvalue weighted by molar-refractivity contribution is 7.99. The second kappa shape index (κ2) is 23.6. The Kier molecular flexibility index (Phi) is 14.2. The fourth-order valence-corrected chi connectivity index (χ4v) is 17.5. The summed E-state index contributed by atoms with van der Waals surface area (Å²) in [5, 5.41) is 0. The van der Waals surface area contributed by atoms with Gasteiger partial charge in [-0.25, -0.2) is 8.78 Å². The minimum Gasteiger partial charge on any atom is -0.310 e. The normalized spacial score (nSPS) is 15.8. The Morgan fingerprint density at radius 2 is 0.552 bits per heavy atom. The van der Waals surface area contributed by atoms with Gasteiger partial charge in [-0.15, -0.1) is 0 Å². The lowest BCUT2D eigenvalue weighted by Gasteiger charge is -2.35. The van der Waals surface area contributed by atoms with Crippen molar-refractivity contribution < 1.29 is 8.78 Å². The number of aryl methyl sites for hydroxylation is 4. The van der Waals surface area contributed by atoms with Gasteiger partial charge < -0.3 is 9.80 Å². The van der Waals surface area contributed by atoms with E-state index in [0.717, 1.165) is 103 Å². The molecule has 0 N–H and O–H groups in total. The molecule has 0 aliphatic heterocycles. The number of benzene rings is 14. The van der Waals surface area contributed by atoms with Crippen molar-refractivity contribution in [3.05, 3.63) is 406 Å². The summed E-state index contributed by atoms with van der Waals surface area (Å²) in [6, 6.07) is 117. The van der Waals surface area contributed by atoms with Crippen LogP contribution in [0.25, 0.3) is 33.4 Å². The fourth-order valence-electron chi connectivity index (χ4n) is 15.7. The lowest BCUT2D eigenvalue weighted by molar-refractivity contribution is 0.624. The van der Waals surface area contributed by atoms with Gasteiger partial charge in [0.15, 0.2) is 0 Å². The maximum Gasteiger partial charge on any atom is 0.123 e. The molecule has 0 amide bonds. The summed E-state index contributed by atoms with van der Waals surface area (Å²) in [4.78, 5) is 9.55. The van der Waals surface area contributed by atoms with E-state index in [9.17, 15) is 0 Å². The van der Waals surface area contributed by atoms with E-state index in [-0.39, 0.29) is 11.6 Å². The number of rotatable bonds is 15. The monoisotopic (exact) mass is 1270 g/mol. The first-order valence-electron chi connectivity index (χ1n) is 33.1. The van der Waals surface area contributed by atoms with Crippen molar-refractivity contribution in [3.63, 3.8) is 0 Å². The molecule has 14 aromatic rings. The van der Waals surface area contributed by atoms with Crippen LogP contribution in [0.4, 0.5) is 42.9 Å². The van der Waals surface area contributed by atoms with E-state index in [1.807, 2.05) is 24.3 Å². The van der Waals surface area contributed by atoms with Crippen molar-refractivity contribution in [3.8, 4) is 33.4 Å². The van der Waals surface area contributed by atoms with Gasteiger partial charge in [-0.1, -0.05) is 206 Å². The maximum absolute atomic E-state index is 15.1. The molecular weight excluding hydrogens is 1210 g/mol. The van der Waals surface area contributed by atoms with Gasteiger partial charge in [0.05, 0.1) is 10.8 Å². The highest BCUT2D eigenvalue weighted by Crippen LogP contribution is 2.60. The molecule has 458 valence electrons. The van der Waals surface area contributed by atoms with E-state index in [2.05, 4.69) is 289 Å². The van der Waals surface area contributed by atoms with Crippen LogP contribution < -0.4 is 9.80 Å². The van der Waals surface area contributed by atoms with E-state index in [1.54, 1.807) is 47.8 Å². The molecule has 1 unspecified atom stereocenters. The van der Waals surface area contributed by atoms with Crippen molar-refractivity contribution >= 4 is 57.6 Å². The Morgan fingerprint density at radius 1 is 0.240 bits per heavy atom. The molecule has 2 nitrogen and oxygen atoms in total. The third-order valence-corrected chi connectivity index (χ3v) is 22.5. The molecule has 0 aromatic heterocycles. The SMILES string of the molecule is Fc1ccc(C2(c3ccc(Sc4ccc5c(c4)CC5)cc3)c3ccccc3-c3ccc(N(c4ccccc4)c4ccc(-c5ccc(N(c6ccccc6)c6ccc7c(c6)[C@@](c6ccc(F)cc6)(c6ccc(Sc8ccc9c(c8)CC9)cc6)c6ccccc6-7)cc5)cc4)cc32)cc1. The fraction of sp³-hybridized carbons (Fsp3) is 0.0667. The molecule has 0 spiro atoms. The molecule has 0 bridgehead atoms. The Morgan fingerprint density at radius 3 is 0.917 bits per heavy atom. The number of halogens is 2. The summed E-state index contributed by atoms with van der Waals surface area (Å²) < 4.78 is 30.2. The predicted molar refractivity (Wildman–Crippen MR) is 392 cm³/mol. The van der Waals surface area contributed by atoms with Crippen LogP contribution in [0.15, 0.2) is 347 Å². The summed E-state index contributed by atoms with van der Waals surface area (Å²) >= 11 is 3.60. The van der Waals surface area contributed by atoms with E-state index >= 15 is 8.78 Å². The molecule has 14 aromatic carbocycles. The molecule has 0 radical (unpaired) electrons. The van der Waals surface area contributed by atoms with Crippen LogP contribution >= 0.6 is 23.5 Å². The number of hydrogen-bond donors (Lipinski definition) is 0. The van der Waals surface area contributed by atoms with Gasteiger partial charge in [-0.3, -0.25) is 0 Å². The summed E-state index contributed by atoms with van der Waals surface area (Å²) in [6.07, 6.45) is 4.63. The van der Waals surface area contributed by atoms with Gasteiger partial charge in [0.25, 0.3) is 0 Å². The number of fused-ring (bicyclic) bond motifs is 8.